The fourth-order valence-corrected chi connectivity index (χ4v) is 2.88. The average molecular weight is 410 g/mol. The summed E-state index contributed by atoms with van der Waals surface area (Å²) < 4.78 is 45.4. The van der Waals surface area contributed by atoms with Crippen LogP contribution in [0.3, 0.4) is 0 Å². The van der Waals surface area contributed by atoms with Crippen LogP contribution in [0, 0.1) is 13.8 Å². The average Bonchev–Trinajstić information content (AvgIpc) is 2.58. The number of amides is 1. The number of hydrogen-bond acceptors (Lipinski definition) is 4. The number of alkyl halides is 3. The van der Waals surface area contributed by atoms with Crippen molar-refractivity contribution in [3.63, 3.8) is 0 Å². The Balaban J connectivity index is 0.00000364. The molecule has 0 spiro atoms. The summed E-state index contributed by atoms with van der Waals surface area (Å²) in [6.07, 6.45) is -4.36. The first-order chi connectivity index (χ1) is 12.3. The first kappa shape index (κ1) is 23.5. The maximum atomic E-state index is 13.3. The molecule has 1 fully saturated rings. The molecule has 154 valence electrons. The topological polar surface area (TPSA) is 53.6 Å². The van der Waals surface area contributed by atoms with Gasteiger partial charge in [0, 0.05) is 32.7 Å². The van der Waals surface area contributed by atoms with Gasteiger partial charge in [-0.05, 0) is 31.0 Å². The fraction of sp³-hybridized carbons (Fsp3) is 0.611. The Kier molecular flexibility index (Phi) is 9.35. The van der Waals surface area contributed by atoms with E-state index in [1.807, 2.05) is 32.0 Å². The van der Waals surface area contributed by atoms with Crippen molar-refractivity contribution in [2.24, 2.45) is 0 Å². The largest absolute Gasteiger partial charge is 0.493 e. The highest BCUT2D eigenvalue weighted by Gasteiger charge is 2.43. The highest BCUT2D eigenvalue weighted by molar-refractivity contribution is 5.85. The van der Waals surface area contributed by atoms with Gasteiger partial charge in [-0.1, -0.05) is 12.1 Å². The molecule has 1 atom stereocenters. The van der Waals surface area contributed by atoms with E-state index in [4.69, 9.17) is 4.74 Å². The van der Waals surface area contributed by atoms with Crippen LogP contribution >= 0.6 is 12.4 Å². The standard InChI is InChI=1S/C18H26F3N3O2.ClH/c1-13-4-3-5-15(14(13)2)26-11-6-17(25)23-12-16(18(19,20)21)24-9-7-22-8-10-24;/h3-5,16,22H,6-12H2,1-2H3,(H,23,25);1H. The summed E-state index contributed by atoms with van der Waals surface area (Å²) in [4.78, 5) is 13.3. The van der Waals surface area contributed by atoms with Gasteiger partial charge in [0.2, 0.25) is 5.91 Å². The lowest BCUT2D eigenvalue weighted by atomic mass is 10.1. The summed E-state index contributed by atoms with van der Waals surface area (Å²) in [5.74, 6) is 0.242. The zero-order valence-electron chi connectivity index (χ0n) is 15.6. The van der Waals surface area contributed by atoms with E-state index in [9.17, 15) is 18.0 Å². The molecule has 5 nitrogen and oxygen atoms in total. The Morgan fingerprint density at radius 3 is 2.59 bits per heavy atom. The minimum absolute atomic E-state index is 0. The van der Waals surface area contributed by atoms with Crippen molar-refractivity contribution in [3.8, 4) is 5.75 Å². The van der Waals surface area contributed by atoms with Crippen LogP contribution < -0.4 is 15.4 Å². The van der Waals surface area contributed by atoms with E-state index in [1.165, 1.54) is 4.90 Å². The number of nitrogens with zero attached hydrogens (tertiary/aromatic N) is 1. The Hall–Kier alpha value is -1.51. The zero-order valence-corrected chi connectivity index (χ0v) is 16.4. The number of hydrogen-bond donors (Lipinski definition) is 2. The second-order valence-corrected chi connectivity index (χ2v) is 6.44. The van der Waals surface area contributed by atoms with E-state index in [-0.39, 0.29) is 25.4 Å². The number of carbonyl (C=O) groups excluding carboxylic acids is 1. The predicted octanol–water partition coefficient (Wildman–Crippen LogP) is 2.45. The number of rotatable bonds is 7. The first-order valence-electron chi connectivity index (χ1n) is 8.76. The molecule has 0 radical (unpaired) electrons. The van der Waals surface area contributed by atoms with E-state index in [1.54, 1.807) is 0 Å². The van der Waals surface area contributed by atoms with Gasteiger partial charge in [-0.15, -0.1) is 12.4 Å². The van der Waals surface area contributed by atoms with Crippen LogP contribution in [-0.4, -0.2) is 62.4 Å². The number of nitrogens with one attached hydrogen (secondary N) is 2. The fourth-order valence-electron chi connectivity index (χ4n) is 2.88. The second kappa shape index (κ2) is 10.7. The Morgan fingerprint density at radius 1 is 1.30 bits per heavy atom. The molecule has 1 unspecified atom stereocenters. The van der Waals surface area contributed by atoms with Gasteiger partial charge in [-0.25, -0.2) is 0 Å². The lowest BCUT2D eigenvalue weighted by Gasteiger charge is -2.35. The second-order valence-electron chi connectivity index (χ2n) is 6.44. The molecule has 2 rings (SSSR count). The van der Waals surface area contributed by atoms with E-state index in [0.717, 1.165) is 11.1 Å². The number of ether oxygens (including phenoxy) is 1. The highest BCUT2D eigenvalue weighted by Crippen LogP contribution is 2.25. The summed E-state index contributed by atoms with van der Waals surface area (Å²) >= 11 is 0. The molecule has 2 N–H and O–H groups in total. The number of carbonyl (C=O) groups is 1. The quantitative estimate of drug-likeness (QED) is 0.726. The van der Waals surface area contributed by atoms with Crippen molar-refractivity contribution in [1.29, 1.82) is 0 Å². The van der Waals surface area contributed by atoms with Crippen LogP contribution in [-0.2, 0) is 4.79 Å². The number of benzene rings is 1. The SMILES string of the molecule is Cc1cccc(OCCC(=O)NCC(N2CCNCC2)C(F)(F)F)c1C.Cl. The van der Waals surface area contributed by atoms with Crippen LogP contribution in [0.5, 0.6) is 5.75 Å². The molecule has 0 aromatic heterocycles. The molecule has 27 heavy (non-hydrogen) atoms. The van der Waals surface area contributed by atoms with Gasteiger partial charge in [0.25, 0.3) is 0 Å². The van der Waals surface area contributed by atoms with Crippen molar-refractivity contribution < 1.29 is 22.7 Å². The maximum absolute atomic E-state index is 13.3. The summed E-state index contributed by atoms with van der Waals surface area (Å²) in [5.41, 5.74) is 2.07. The van der Waals surface area contributed by atoms with Crippen LogP contribution in [0.4, 0.5) is 13.2 Å². The van der Waals surface area contributed by atoms with Gasteiger partial charge in [-0.2, -0.15) is 13.2 Å². The molecule has 1 aromatic rings. The molecule has 1 saturated heterocycles. The van der Waals surface area contributed by atoms with E-state index in [0.29, 0.717) is 31.9 Å². The van der Waals surface area contributed by atoms with Gasteiger partial charge in [0.1, 0.15) is 11.8 Å². The van der Waals surface area contributed by atoms with Crippen molar-refractivity contribution in [1.82, 2.24) is 15.5 Å². The summed E-state index contributed by atoms with van der Waals surface area (Å²) in [6, 6.07) is 3.97. The van der Waals surface area contributed by atoms with Crippen LogP contribution in [0.2, 0.25) is 0 Å². The monoisotopic (exact) mass is 409 g/mol. The number of halogens is 4. The third kappa shape index (κ3) is 7.20. The maximum Gasteiger partial charge on any atom is 0.405 e. The highest BCUT2D eigenvalue weighted by atomic mass is 35.5. The Labute approximate surface area is 164 Å². The lowest BCUT2D eigenvalue weighted by Crippen LogP contribution is -2.57. The van der Waals surface area contributed by atoms with Crippen molar-refractivity contribution in [3.05, 3.63) is 29.3 Å². The summed E-state index contributed by atoms with van der Waals surface area (Å²) in [7, 11) is 0. The van der Waals surface area contributed by atoms with Crippen molar-refractivity contribution in [2.45, 2.75) is 32.5 Å². The summed E-state index contributed by atoms with van der Waals surface area (Å²) in [6.45, 7) is 5.24. The minimum Gasteiger partial charge on any atom is -0.493 e. The smallest absolute Gasteiger partial charge is 0.405 e. The third-order valence-corrected chi connectivity index (χ3v) is 4.60. The number of aryl methyl sites for hydroxylation is 1. The molecular formula is C18H27ClF3N3O2. The van der Waals surface area contributed by atoms with Crippen molar-refractivity contribution in [2.75, 3.05) is 39.3 Å². The molecule has 9 heteroatoms. The van der Waals surface area contributed by atoms with Gasteiger partial charge >= 0.3 is 6.18 Å². The molecule has 0 aliphatic carbocycles. The molecule has 1 heterocycles. The Morgan fingerprint density at radius 2 is 1.96 bits per heavy atom. The van der Waals surface area contributed by atoms with Crippen LogP contribution in [0.25, 0.3) is 0 Å². The van der Waals surface area contributed by atoms with Crippen molar-refractivity contribution >= 4 is 18.3 Å². The van der Waals surface area contributed by atoms with Gasteiger partial charge in [0.15, 0.2) is 0 Å². The van der Waals surface area contributed by atoms with Gasteiger partial charge in [-0.3, -0.25) is 9.69 Å². The van der Waals surface area contributed by atoms with E-state index >= 15 is 0 Å². The van der Waals surface area contributed by atoms with Crippen LogP contribution in [0.1, 0.15) is 17.5 Å². The van der Waals surface area contributed by atoms with E-state index in [2.05, 4.69) is 10.6 Å². The molecule has 0 bridgehead atoms. The minimum atomic E-state index is -4.38. The molecular weight excluding hydrogens is 383 g/mol. The molecule has 1 aliphatic rings. The summed E-state index contributed by atoms with van der Waals surface area (Å²) in [5, 5.41) is 5.42. The number of piperazine rings is 1. The third-order valence-electron chi connectivity index (χ3n) is 4.60. The first-order valence-corrected chi connectivity index (χ1v) is 8.76. The molecule has 0 saturated carbocycles. The zero-order chi connectivity index (χ0) is 19.2. The van der Waals surface area contributed by atoms with Gasteiger partial charge in [0.05, 0.1) is 13.0 Å². The Bertz CT molecular complexity index is 608. The molecule has 1 amide bonds. The lowest BCUT2D eigenvalue weighted by molar-refractivity contribution is -0.184. The van der Waals surface area contributed by atoms with E-state index < -0.39 is 24.7 Å². The molecule has 1 aromatic carbocycles. The molecule has 1 aliphatic heterocycles. The van der Waals surface area contributed by atoms with Crippen LogP contribution in [0.15, 0.2) is 18.2 Å². The predicted molar refractivity (Wildman–Crippen MR) is 101 cm³/mol. The van der Waals surface area contributed by atoms with Gasteiger partial charge < -0.3 is 15.4 Å². The normalized spacial score (nSPS) is 16.3.